The number of rotatable bonds is 5. The van der Waals surface area contributed by atoms with E-state index in [0.29, 0.717) is 11.5 Å². The maximum atomic E-state index is 6.06. The average molecular weight is 615 g/mol. The summed E-state index contributed by atoms with van der Waals surface area (Å²) in [7, 11) is 0. The minimum atomic E-state index is 0. The van der Waals surface area contributed by atoms with Crippen LogP contribution in [0.15, 0.2) is 79.4 Å². The summed E-state index contributed by atoms with van der Waals surface area (Å²) in [5.74, 6) is 1.22. The molecular formula is C27H23N4OPt-3. The molecule has 1 unspecified atom stereocenters. The van der Waals surface area contributed by atoms with Crippen LogP contribution in [-0.4, -0.2) is 15.6 Å². The number of anilines is 1. The molecule has 0 radical (unpaired) electrons. The zero-order valence-electron chi connectivity index (χ0n) is 18.6. The van der Waals surface area contributed by atoms with Gasteiger partial charge in [0.25, 0.3) is 0 Å². The number of aromatic nitrogens is 2. The molecule has 1 aliphatic heterocycles. The standard InChI is InChI=1S/C27H23N4O.Pt/c1-19-7-4-8-20(2)27(19)30-17-26(28-18-30)22-9-5-11-24(15-22)32-25-12-6-10-23(16-25)31-14-13-21(3)29-31;/h4-14,17-18,21H,1-3H3;/q-3;. The first-order valence-corrected chi connectivity index (χ1v) is 10.6. The Hall–Kier alpha value is -3.14. The number of benzene rings is 3. The third-order valence-corrected chi connectivity index (χ3v) is 5.36. The van der Waals surface area contributed by atoms with E-state index in [2.05, 4.69) is 59.2 Å². The summed E-state index contributed by atoms with van der Waals surface area (Å²) in [6, 6.07) is 24.6. The summed E-state index contributed by atoms with van der Waals surface area (Å²) in [6.45, 7) is 6.26. The van der Waals surface area contributed by atoms with Gasteiger partial charge >= 0.3 is 0 Å². The summed E-state index contributed by atoms with van der Waals surface area (Å²) in [5.41, 5.74) is 10.6. The van der Waals surface area contributed by atoms with E-state index in [1.54, 1.807) is 0 Å². The van der Waals surface area contributed by atoms with Crippen molar-refractivity contribution in [2.75, 3.05) is 5.01 Å². The van der Waals surface area contributed by atoms with E-state index < -0.39 is 0 Å². The third kappa shape index (κ3) is 4.95. The molecule has 5 rings (SSSR count). The number of nitrogens with zero attached hydrogens (tertiary/aromatic N) is 4. The molecule has 0 saturated carbocycles. The largest absolute Gasteiger partial charge is 0.559 e. The fourth-order valence-corrected chi connectivity index (χ4v) is 3.82. The van der Waals surface area contributed by atoms with Crippen molar-refractivity contribution in [1.82, 2.24) is 9.55 Å². The van der Waals surface area contributed by atoms with Gasteiger partial charge < -0.3 is 19.7 Å². The maximum absolute atomic E-state index is 6.06. The molecule has 33 heavy (non-hydrogen) atoms. The van der Waals surface area contributed by atoms with Crippen LogP contribution in [-0.2, 0) is 21.1 Å². The molecule has 0 aliphatic carbocycles. The van der Waals surface area contributed by atoms with E-state index in [4.69, 9.17) is 4.74 Å². The first-order valence-electron chi connectivity index (χ1n) is 10.6. The Morgan fingerprint density at radius 3 is 2.36 bits per heavy atom. The number of hydrogen-bond donors (Lipinski definition) is 0. The Balaban J connectivity index is 0.00000259. The van der Waals surface area contributed by atoms with Gasteiger partial charge in [-0.1, -0.05) is 43.0 Å². The third-order valence-electron chi connectivity index (χ3n) is 5.36. The van der Waals surface area contributed by atoms with Crippen LogP contribution < -0.4 is 9.75 Å². The average Bonchev–Trinajstić information content (AvgIpc) is 3.44. The van der Waals surface area contributed by atoms with Crippen LogP contribution in [0.2, 0.25) is 0 Å². The SMILES string of the molecule is Cc1cccc(C)c1-n1cnc(-c2[c-]c(Oc3[c-]c(N4C=CC(C)[N-]4)ccc3)ccc2)c1.[Pt]. The second-order valence-electron chi connectivity index (χ2n) is 7.88. The molecule has 2 heterocycles. The number of imidazole rings is 1. The van der Waals surface area contributed by atoms with Gasteiger partial charge in [-0.05, 0) is 37.4 Å². The molecular weight excluding hydrogens is 591 g/mol. The Morgan fingerprint density at radius 1 is 0.939 bits per heavy atom. The van der Waals surface area contributed by atoms with Crippen molar-refractivity contribution in [2.24, 2.45) is 0 Å². The predicted molar refractivity (Wildman–Crippen MR) is 127 cm³/mol. The van der Waals surface area contributed by atoms with Crippen LogP contribution in [0.5, 0.6) is 11.5 Å². The van der Waals surface area contributed by atoms with Crippen LogP contribution in [0.1, 0.15) is 18.1 Å². The molecule has 4 aromatic rings. The first kappa shape index (κ1) is 23.0. The topological polar surface area (TPSA) is 44.4 Å². The van der Waals surface area contributed by atoms with E-state index >= 15 is 0 Å². The van der Waals surface area contributed by atoms with Crippen molar-refractivity contribution < 1.29 is 25.8 Å². The van der Waals surface area contributed by atoms with Crippen LogP contribution >= 0.6 is 0 Å². The maximum Gasteiger partial charge on any atom is 0.0883 e. The van der Waals surface area contributed by atoms with Crippen LogP contribution in [0, 0.1) is 26.0 Å². The van der Waals surface area contributed by atoms with E-state index in [1.807, 2.05) is 73.1 Å². The fourth-order valence-electron chi connectivity index (χ4n) is 3.82. The quantitative estimate of drug-likeness (QED) is 0.240. The van der Waals surface area contributed by atoms with Gasteiger partial charge in [-0.2, -0.15) is 6.07 Å². The van der Waals surface area contributed by atoms with Gasteiger partial charge in [0.15, 0.2) is 0 Å². The normalized spacial score (nSPS) is 14.9. The zero-order chi connectivity index (χ0) is 22.1. The molecule has 0 bridgehead atoms. The van der Waals surface area contributed by atoms with Crippen LogP contribution in [0.25, 0.3) is 22.4 Å². The van der Waals surface area contributed by atoms with E-state index in [0.717, 1.165) is 22.6 Å². The molecule has 1 aromatic heterocycles. The molecule has 6 heteroatoms. The van der Waals surface area contributed by atoms with Crippen molar-refractivity contribution in [1.29, 1.82) is 0 Å². The molecule has 0 spiro atoms. The Morgan fingerprint density at radius 2 is 1.64 bits per heavy atom. The molecule has 0 fully saturated rings. The number of aryl methyl sites for hydroxylation is 2. The molecule has 170 valence electrons. The summed E-state index contributed by atoms with van der Waals surface area (Å²) in [5, 5.41) is 1.82. The summed E-state index contributed by atoms with van der Waals surface area (Å²) >= 11 is 0. The van der Waals surface area contributed by atoms with Crippen molar-refractivity contribution in [3.05, 3.63) is 108 Å². The van der Waals surface area contributed by atoms with Gasteiger partial charge in [0, 0.05) is 38.3 Å². The van der Waals surface area contributed by atoms with Crippen LogP contribution in [0.3, 0.4) is 0 Å². The Bertz CT molecular complexity index is 1280. The molecule has 5 nitrogen and oxygen atoms in total. The zero-order valence-corrected chi connectivity index (χ0v) is 20.9. The summed E-state index contributed by atoms with van der Waals surface area (Å²) in [6.07, 6.45) is 7.85. The fraction of sp³-hybridized carbons (Fsp3) is 0.148. The number of hydrogen-bond acceptors (Lipinski definition) is 3. The molecule has 1 aliphatic rings. The predicted octanol–water partition coefficient (Wildman–Crippen LogP) is 6.56. The Labute approximate surface area is 209 Å². The summed E-state index contributed by atoms with van der Waals surface area (Å²) < 4.78 is 8.12. The van der Waals surface area contributed by atoms with Gasteiger partial charge in [-0.25, -0.2) is 0 Å². The molecule has 0 N–H and O–H groups in total. The molecule has 0 saturated heterocycles. The second-order valence-corrected chi connectivity index (χ2v) is 7.88. The Kier molecular flexibility index (Phi) is 6.82. The van der Waals surface area contributed by atoms with Crippen molar-refractivity contribution >= 4 is 5.69 Å². The van der Waals surface area contributed by atoms with Crippen molar-refractivity contribution in [2.45, 2.75) is 26.8 Å². The van der Waals surface area contributed by atoms with Gasteiger partial charge in [0.05, 0.1) is 12.0 Å². The van der Waals surface area contributed by atoms with Gasteiger partial charge in [-0.15, -0.1) is 48.0 Å². The molecule has 0 amide bonds. The molecule has 1 atom stereocenters. The van der Waals surface area contributed by atoms with E-state index in [9.17, 15) is 0 Å². The number of ether oxygens (including phenoxy) is 1. The summed E-state index contributed by atoms with van der Waals surface area (Å²) in [4.78, 5) is 4.61. The monoisotopic (exact) mass is 614 g/mol. The minimum Gasteiger partial charge on any atom is -0.559 e. The minimum absolute atomic E-state index is 0. The van der Waals surface area contributed by atoms with Gasteiger partial charge in [0.2, 0.25) is 0 Å². The van der Waals surface area contributed by atoms with Gasteiger partial charge in [-0.3, -0.25) is 4.98 Å². The first-order chi connectivity index (χ1) is 15.6. The second kappa shape index (κ2) is 9.78. The number of para-hydroxylation sites is 1. The van der Waals surface area contributed by atoms with E-state index in [-0.39, 0.29) is 27.1 Å². The van der Waals surface area contributed by atoms with Crippen LogP contribution in [0.4, 0.5) is 5.69 Å². The van der Waals surface area contributed by atoms with Crippen molar-refractivity contribution in [3.63, 3.8) is 0 Å². The van der Waals surface area contributed by atoms with Crippen molar-refractivity contribution in [3.8, 4) is 28.4 Å². The van der Waals surface area contributed by atoms with Gasteiger partial charge in [0.1, 0.15) is 0 Å². The molecule has 3 aromatic carbocycles. The van der Waals surface area contributed by atoms with E-state index in [1.165, 1.54) is 11.1 Å². The smallest absolute Gasteiger partial charge is 0.0883 e.